The molecule has 4 nitrogen and oxygen atoms in total. The van der Waals surface area contributed by atoms with Crippen LogP contribution in [0.5, 0.6) is 0 Å². The van der Waals surface area contributed by atoms with Crippen molar-refractivity contribution in [2.24, 2.45) is 5.73 Å². The summed E-state index contributed by atoms with van der Waals surface area (Å²) in [6, 6.07) is 9.59. The first-order valence-electron chi connectivity index (χ1n) is 5.92. The van der Waals surface area contributed by atoms with Gasteiger partial charge in [-0.25, -0.2) is 0 Å². The average Bonchev–Trinajstić information content (AvgIpc) is 2.38. The third-order valence-electron chi connectivity index (χ3n) is 2.38. The van der Waals surface area contributed by atoms with E-state index >= 15 is 0 Å². The number of hydrogen-bond acceptors (Lipinski definition) is 3. The number of nitrogens with zero attached hydrogens (tertiary/aromatic N) is 1. The van der Waals surface area contributed by atoms with Gasteiger partial charge in [-0.05, 0) is 32.0 Å². The summed E-state index contributed by atoms with van der Waals surface area (Å²) in [4.78, 5) is 13.7. The molecular formula is C13H20N2O2. The van der Waals surface area contributed by atoms with Crippen molar-refractivity contribution < 1.29 is 9.53 Å². The van der Waals surface area contributed by atoms with Crippen molar-refractivity contribution in [3.63, 3.8) is 0 Å². The zero-order valence-corrected chi connectivity index (χ0v) is 10.3. The molecule has 0 heterocycles. The molecule has 0 aromatic heterocycles. The quantitative estimate of drug-likeness (QED) is 0.778. The van der Waals surface area contributed by atoms with Gasteiger partial charge in [0.1, 0.15) is 6.61 Å². The third-order valence-corrected chi connectivity index (χ3v) is 2.38. The maximum Gasteiger partial charge on any atom is 0.252 e. The Balaban J connectivity index is 2.69. The van der Waals surface area contributed by atoms with Gasteiger partial charge in [0.05, 0.1) is 0 Å². The molecule has 0 aliphatic rings. The Morgan fingerprint density at radius 3 is 2.65 bits per heavy atom. The molecule has 0 aliphatic heterocycles. The van der Waals surface area contributed by atoms with E-state index in [1.165, 1.54) is 0 Å². The largest absolute Gasteiger partial charge is 0.372 e. The Labute approximate surface area is 102 Å². The topological polar surface area (TPSA) is 55.6 Å². The van der Waals surface area contributed by atoms with Gasteiger partial charge >= 0.3 is 0 Å². The molecule has 94 valence electrons. The highest BCUT2D eigenvalue weighted by Crippen LogP contribution is 2.13. The van der Waals surface area contributed by atoms with Crippen molar-refractivity contribution in [2.45, 2.75) is 13.3 Å². The van der Waals surface area contributed by atoms with Crippen LogP contribution in [0.1, 0.15) is 13.3 Å². The number of nitrogens with two attached hydrogens (primary N) is 1. The lowest BCUT2D eigenvalue weighted by Crippen LogP contribution is -2.35. The van der Waals surface area contributed by atoms with Crippen LogP contribution >= 0.6 is 0 Å². The monoisotopic (exact) mass is 236 g/mol. The van der Waals surface area contributed by atoms with Crippen LogP contribution in [0.15, 0.2) is 30.3 Å². The Morgan fingerprint density at radius 1 is 1.35 bits per heavy atom. The molecule has 1 amide bonds. The van der Waals surface area contributed by atoms with Gasteiger partial charge in [0.2, 0.25) is 0 Å². The second kappa shape index (κ2) is 7.81. The highest BCUT2D eigenvalue weighted by Gasteiger charge is 2.14. The minimum Gasteiger partial charge on any atom is -0.372 e. The molecule has 0 atom stereocenters. The van der Waals surface area contributed by atoms with E-state index in [1.54, 1.807) is 4.90 Å². The van der Waals surface area contributed by atoms with Crippen molar-refractivity contribution in [1.29, 1.82) is 0 Å². The highest BCUT2D eigenvalue weighted by atomic mass is 16.5. The summed E-state index contributed by atoms with van der Waals surface area (Å²) in [7, 11) is 0. The lowest BCUT2D eigenvalue weighted by Gasteiger charge is -2.22. The molecule has 0 unspecified atom stereocenters. The van der Waals surface area contributed by atoms with Gasteiger partial charge in [-0.1, -0.05) is 18.2 Å². The summed E-state index contributed by atoms with van der Waals surface area (Å²) < 4.78 is 5.16. The Kier molecular flexibility index (Phi) is 6.29. The molecule has 0 bridgehead atoms. The van der Waals surface area contributed by atoms with Gasteiger partial charge in [-0.15, -0.1) is 0 Å². The zero-order valence-electron chi connectivity index (χ0n) is 10.3. The summed E-state index contributed by atoms with van der Waals surface area (Å²) in [6.45, 7) is 3.75. The molecule has 1 aromatic carbocycles. The molecule has 1 rings (SSSR count). The molecule has 2 N–H and O–H groups in total. The first-order chi connectivity index (χ1) is 8.29. The minimum absolute atomic E-state index is 0.0218. The van der Waals surface area contributed by atoms with Gasteiger partial charge < -0.3 is 15.4 Å². The average molecular weight is 236 g/mol. The van der Waals surface area contributed by atoms with Crippen LogP contribution in [0.2, 0.25) is 0 Å². The van der Waals surface area contributed by atoms with Gasteiger partial charge in [-0.2, -0.15) is 0 Å². The summed E-state index contributed by atoms with van der Waals surface area (Å²) in [5, 5.41) is 0. The van der Waals surface area contributed by atoms with Crippen LogP contribution in [-0.2, 0) is 9.53 Å². The van der Waals surface area contributed by atoms with E-state index in [2.05, 4.69) is 0 Å². The molecule has 0 saturated heterocycles. The van der Waals surface area contributed by atoms with Crippen LogP contribution in [-0.4, -0.2) is 32.2 Å². The number of anilines is 1. The number of ether oxygens (including phenoxy) is 1. The first kappa shape index (κ1) is 13.7. The fourth-order valence-electron chi connectivity index (χ4n) is 1.52. The molecule has 0 spiro atoms. The van der Waals surface area contributed by atoms with E-state index in [9.17, 15) is 4.79 Å². The van der Waals surface area contributed by atoms with Gasteiger partial charge in [0.15, 0.2) is 0 Å². The van der Waals surface area contributed by atoms with Crippen LogP contribution in [0.4, 0.5) is 5.69 Å². The van der Waals surface area contributed by atoms with E-state index in [0.29, 0.717) is 19.7 Å². The number of benzene rings is 1. The number of amides is 1. The van der Waals surface area contributed by atoms with Gasteiger partial charge in [0, 0.05) is 18.8 Å². The zero-order chi connectivity index (χ0) is 12.5. The maximum atomic E-state index is 12.0. The molecule has 0 radical (unpaired) electrons. The summed E-state index contributed by atoms with van der Waals surface area (Å²) >= 11 is 0. The van der Waals surface area contributed by atoms with E-state index in [0.717, 1.165) is 12.1 Å². The van der Waals surface area contributed by atoms with E-state index in [-0.39, 0.29) is 12.5 Å². The van der Waals surface area contributed by atoms with Crippen LogP contribution in [0, 0.1) is 0 Å². The standard InChI is InChI=1S/C13H20N2O2/c1-2-17-11-13(16)15(10-6-9-14)12-7-4-3-5-8-12/h3-5,7-8H,2,6,9-11,14H2,1H3. The lowest BCUT2D eigenvalue weighted by atomic mass is 10.2. The second-order valence-corrected chi connectivity index (χ2v) is 3.66. The summed E-state index contributed by atoms with van der Waals surface area (Å²) in [5.41, 5.74) is 6.38. The maximum absolute atomic E-state index is 12.0. The molecule has 0 aliphatic carbocycles. The fraction of sp³-hybridized carbons (Fsp3) is 0.462. The normalized spacial score (nSPS) is 10.2. The summed E-state index contributed by atoms with van der Waals surface area (Å²) in [5.74, 6) is -0.0218. The van der Waals surface area contributed by atoms with Gasteiger partial charge in [-0.3, -0.25) is 4.79 Å². The van der Waals surface area contributed by atoms with Crippen LogP contribution in [0.3, 0.4) is 0 Å². The van der Waals surface area contributed by atoms with E-state index < -0.39 is 0 Å². The van der Waals surface area contributed by atoms with Crippen molar-refractivity contribution in [1.82, 2.24) is 0 Å². The first-order valence-corrected chi connectivity index (χ1v) is 5.92. The highest BCUT2D eigenvalue weighted by molar-refractivity contribution is 5.94. The predicted molar refractivity (Wildman–Crippen MR) is 69.0 cm³/mol. The molecule has 0 fully saturated rings. The molecule has 0 saturated carbocycles. The van der Waals surface area contributed by atoms with E-state index in [1.807, 2.05) is 37.3 Å². The Hall–Kier alpha value is -1.39. The number of carbonyl (C=O) groups is 1. The second-order valence-electron chi connectivity index (χ2n) is 3.66. The number of para-hydroxylation sites is 1. The molecule has 4 heteroatoms. The smallest absolute Gasteiger partial charge is 0.252 e. The third kappa shape index (κ3) is 4.54. The van der Waals surface area contributed by atoms with Gasteiger partial charge in [0.25, 0.3) is 5.91 Å². The Bertz CT molecular complexity index is 327. The number of hydrogen-bond donors (Lipinski definition) is 1. The SMILES string of the molecule is CCOCC(=O)N(CCCN)c1ccccc1. The molecule has 17 heavy (non-hydrogen) atoms. The van der Waals surface area contributed by atoms with Crippen LogP contribution in [0.25, 0.3) is 0 Å². The predicted octanol–water partition coefficient (Wildman–Crippen LogP) is 1.40. The van der Waals surface area contributed by atoms with Crippen molar-refractivity contribution in [3.8, 4) is 0 Å². The number of carbonyl (C=O) groups excluding carboxylic acids is 1. The van der Waals surface area contributed by atoms with Crippen molar-refractivity contribution in [2.75, 3.05) is 31.2 Å². The van der Waals surface area contributed by atoms with Crippen LogP contribution < -0.4 is 10.6 Å². The van der Waals surface area contributed by atoms with E-state index in [4.69, 9.17) is 10.5 Å². The molecule has 1 aromatic rings. The van der Waals surface area contributed by atoms with Crippen molar-refractivity contribution >= 4 is 11.6 Å². The number of rotatable bonds is 7. The Morgan fingerprint density at radius 2 is 2.06 bits per heavy atom. The molecular weight excluding hydrogens is 216 g/mol. The lowest BCUT2D eigenvalue weighted by molar-refractivity contribution is -0.122. The fourth-order valence-corrected chi connectivity index (χ4v) is 1.52. The minimum atomic E-state index is -0.0218. The summed E-state index contributed by atoms with van der Waals surface area (Å²) in [6.07, 6.45) is 0.784. The van der Waals surface area contributed by atoms with Crippen molar-refractivity contribution in [3.05, 3.63) is 30.3 Å².